The van der Waals surface area contributed by atoms with Crippen LogP contribution in [0.1, 0.15) is 12.5 Å². The second-order valence-electron chi connectivity index (χ2n) is 4.01. The Hall–Kier alpha value is -2.70. The first-order valence-electron chi connectivity index (χ1n) is 5.96. The molecule has 1 heterocycles. The van der Waals surface area contributed by atoms with E-state index in [0.717, 1.165) is 0 Å². The minimum absolute atomic E-state index is 0.0197. The highest BCUT2D eigenvalue weighted by molar-refractivity contribution is 6.47. The van der Waals surface area contributed by atoms with Crippen LogP contribution in [0.2, 0.25) is 0 Å². The predicted molar refractivity (Wildman–Crippen MR) is 66.3 cm³/mol. The van der Waals surface area contributed by atoms with Gasteiger partial charge in [-0.1, -0.05) is 30.3 Å². The summed E-state index contributed by atoms with van der Waals surface area (Å²) in [7, 11) is 0. The number of benzene rings is 1. The summed E-state index contributed by atoms with van der Waals surface area (Å²) >= 11 is 0. The number of nitrogens with zero attached hydrogens (tertiary/aromatic N) is 2. The second-order valence-corrected chi connectivity index (χ2v) is 4.01. The molecule has 2 rings (SSSR count). The number of urea groups is 1. The van der Waals surface area contributed by atoms with Crippen molar-refractivity contribution in [1.82, 2.24) is 9.80 Å². The Bertz CT molecular complexity index is 569. The molecule has 1 saturated heterocycles. The van der Waals surface area contributed by atoms with E-state index in [0.29, 0.717) is 10.5 Å². The van der Waals surface area contributed by atoms with Gasteiger partial charge in [0.2, 0.25) is 0 Å². The van der Waals surface area contributed by atoms with Gasteiger partial charge < -0.3 is 4.74 Å². The SMILES string of the molecule is CCN1C(=O)C(=O)N(C(=O)OCc2ccccc2)C1=O. The van der Waals surface area contributed by atoms with Gasteiger partial charge in [0.15, 0.2) is 0 Å². The lowest BCUT2D eigenvalue weighted by molar-refractivity contribution is -0.142. The van der Waals surface area contributed by atoms with E-state index in [9.17, 15) is 19.2 Å². The summed E-state index contributed by atoms with van der Waals surface area (Å²) in [5.41, 5.74) is 0.707. The number of hydrogen-bond acceptors (Lipinski definition) is 5. The molecule has 0 bridgehead atoms. The standard InChI is InChI=1S/C13H12N2O5/c1-2-14-10(16)11(17)15(12(14)18)13(19)20-8-9-6-4-3-5-7-9/h3-7H,2,8H2,1H3. The van der Waals surface area contributed by atoms with E-state index in [4.69, 9.17) is 4.74 Å². The smallest absolute Gasteiger partial charge is 0.425 e. The van der Waals surface area contributed by atoms with E-state index in [1.165, 1.54) is 6.92 Å². The van der Waals surface area contributed by atoms with E-state index in [1.54, 1.807) is 30.3 Å². The predicted octanol–water partition coefficient (Wildman–Crippen LogP) is 1.13. The molecule has 20 heavy (non-hydrogen) atoms. The maximum absolute atomic E-state index is 11.7. The fraction of sp³-hybridized carbons (Fsp3) is 0.231. The maximum Gasteiger partial charge on any atom is 0.425 e. The van der Waals surface area contributed by atoms with Crippen molar-refractivity contribution in [2.24, 2.45) is 0 Å². The Morgan fingerprint density at radius 3 is 2.30 bits per heavy atom. The Kier molecular flexibility index (Phi) is 3.79. The third kappa shape index (κ3) is 2.37. The topological polar surface area (TPSA) is 84.0 Å². The highest BCUT2D eigenvalue weighted by Crippen LogP contribution is 2.14. The quantitative estimate of drug-likeness (QED) is 0.610. The molecule has 104 valence electrons. The van der Waals surface area contributed by atoms with Crippen LogP contribution in [0.15, 0.2) is 30.3 Å². The first kappa shape index (κ1) is 13.7. The summed E-state index contributed by atoms with van der Waals surface area (Å²) < 4.78 is 4.86. The molecule has 0 radical (unpaired) electrons. The summed E-state index contributed by atoms with van der Waals surface area (Å²) in [4.78, 5) is 47.3. The monoisotopic (exact) mass is 276 g/mol. The van der Waals surface area contributed by atoms with Gasteiger partial charge in [0, 0.05) is 6.54 Å². The molecule has 0 unspecified atom stereocenters. The van der Waals surface area contributed by atoms with Gasteiger partial charge in [-0.3, -0.25) is 14.5 Å². The molecule has 7 heteroatoms. The molecule has 7 nitrogen and oxygen atoms in total. The molecule has 0 aliphatic carbocycles. The lowest BCUT2D eigenvalue weighted by atomic mass is 10.2. The molecule has 1 aromatic carbocycles. The number of imide groups is 4. The van der Waals surface area contributed by atoms with Crippen molar-refractivity contribution >= 4 is 23.9 Å². The molecule has 0 atom stereocenters. The van der Waals surface area contributed by atoms with Gasteiger partial charge in [-0.25, -0.2) is 9.59 Å². The van der Waals surface area contributed by atoms with Crippen LogP contribution < -0.4 is 0 Å². The van der Waals surface area contributed by atoms with Crippen molar-refractivity contribution < 1.29 is 23.9 Å². The average Bonchev–Trinajstić information content (AvgIpc) is 2.67. The fourth-order valence-corrected chi connectivity index (χ4v) is 1.73. The number of rotatable bonds is 3. The Morgan fingerprint density at radius 1 is 1.10 bits per heavy atom. The zero-order valence-electron chi connectivity index (χ0n) is 10.7. The highest BCUT2D eigenvalue weighted by Gasteiger charge is 2.48. The lowest BCUT2D eigenvalue weighted by Crippen LogP contribution is -2.38. The third-order valence-electron chi connectivity index (χ3n) is 2.76. The molecule has 1 aliphatic rings. The van der Waals surface area contributed by atoms with Crippen LogP contribution in [0.25, 0.3) is 0 Å². The van der Waals surface area contributed by atoms with Crippen LogP contribution in [0.4, 0.5) is 9.59 Å². The van der Waals surface area contributed by atoms with E-state index >= 15 is 0 Å². The number of carbonyl (C=O) groups excluding carboxylic acids is 4. The minimum Gasteiger partial charge on any atom is -0.444 e. The molecule has 1 aliphatic heterocycles. The molecule has 0 aromatic heterocycles. The van der Waals surface area contributed by atoms with E-state index in [1.807, 2.05) is 0 Å². The minimum atomic E-state index is -1.19. The fourth-order valence-electron chi connectivity index (χ4n) is 1.73. The Balaban J connectivity index is 2.04. The van der Waals surface area contributed by atoms with Crippen molar-refractivity contribution in [3.8, 4) is 0 Å². The molecule has 1 fully saturated rings. The molecule has 1 aromatic rings. The number of carbonyl (C=O) groups is 4. The summed E-state index contributed by atoms with van der Waals surface area (Å²) in [5.74, 6) is -2.20. The Morgan fingerprint density at radius 2 is 1.75 bits per heavy atom. The average molecular weight is 276 g/mol. The van der Waals surface area contributed by atoms with Crippen LogP contribution in [-0.2, 0) is 20.9 Å². The zero-order valence-corrected chi connectivity index (χ0v) is 10.7. The van der Waals surface area contributed by atoms with Gasteiger partial charge in [0.25, 0.3) is 0 Å². The summed E-state index contributed by atoms with van der Waals surface area (Å²) in [6.07, 6.45) is -1.15. The van der Waals surface area contributed by atoms with E-state index < -0.39 is 23.9 Å². The molecule has 0 spiro atoms. The van der Waals surface area contributed by atoms with Gasteiger partial charge in [-0.2, -0.15) is 4.90 Å². The summed E-state index contributed by atoms with van der Waals surface area (Å²) in [5, 5.41) is 0. The number of hydrogen-bond donors (Lipinski definition) is 0. The van der Waals surface area contributed by atoms with Crippen LogP contribution in [0.3, 0.4) is 0 Å². The summed E-state index contributed by atoms with van der Waals surface area (Å²) in [6, 6.07) is 7.81. The second kappa shape index (κ2) is 5.52. The molecule has 0 N–H and O–H groups in total. The van der Waals surface area contributed by atoms with Crippen molar-refractivity contribution in [2.75, 3.05) is 6.54 Å². The lowest BCUT2D eigenvalue weighted by Gasteiger charge is -2.12. The molecular weight excluding hydrogens is 264 g/mol. The van der Waals surface area contributed by atoms with Gasteiger partial charge in [0.1, 0.15) is 6.61 Å². The van der Waals surface area contributed by atoms with Crippen molar-refractivity contribution in [3.05, 3.63) is 35.9 Å². The van der Waals surface area contributed by atoms with Gasteiger partial charge >= 0.3 is 23.9 Å². The van der Waals surface area contributed by atoms with Crippen molar-refractivity contribution in [3.63, 3.8) is 0 Å². The zero-order chi connectivity index (χ0) is 14.7. The normalized spacial score (nSPS) is 14.9. The molecule has 0 saturated carbocycles. The van der Waals surface area contributed by atoms with Crippen molar-refractivity contribution in [2.45, 2.75) is 13.5 Å². The van der Waals surface area contributed by atoms with E-state index in [-0.39, 0.29) is 18.1 Å². The van der Waals surface area contributed by atoms with Crippen LogP contribution in [0, 0.1) is 0 Å². The van der Waals surface area contributed by atoms with Crippen LogP contribution in [-0.4, -0.2) is 40.3 Å². The van der Waals surface area contributed by atoms with Gasteiger partial charge in [0.05, 0.1) is 0 Å². The number of ether oxygens (including phenoxy) is 1. The van der Waals surface area contributed by atoms with E-state index in [2.05, 4.69) is 0 Å². The highest BCUT2D eigenvalue weighted by atomic mass is 16.6. The summed E-state index contributed by atoms with van der Waals surface area (Å²) in [6.45, 7) is 1.46. The maximum atomic E-state index is 11.7. The number of amides is 5. The van der Waals surface area contributed by atoms with Crippen LogP contribution >= 0.6 is 0 Å². The van der Waals surface area contributed by atoms with Gasteiger partial charge in [-0.15, -0.1) is 0 Å². The van der Waals surface area contributed by atoms with Gasteiger partial charge in [-0.05, 0) is 12.5 Å². The molecular formula is C13H12N2O5. The molecule has 5 amide bonds. The largest absolute Gasteiger partial charge is 0.444 e. The third-order valence-corrected chi connectivity index (χ3v) is 2.76. The first-order chi connectivity index (χ1) is 9.56. The van der Waals surface area contributed by atoms with Crippen LogP contribution in [0.5, 0.6) is 0 Å². The first-order valence-corrected chi connectivity index (χ1v) is 5.96. The number of likely N-dealkylation sites (N-methyl/N-ethyl adjacent to an activating group) is 1. The Labute approximate surface area is 114 Å². The van der Waals surface area contributed by atoms with Crippen molar-refractivity contribution in [1.29, 1.82) is 0 Å².